The Morgan fingerprint density at radius 1 is 1.08 bits per heavy atom. The molecule has 1 aromatic carbocycles. The molecule has 2 heteroatoms. The lowest BCUT2D eigenvalue weighted by Crippen LogP contribution is -2.26. The molecule has 0 spiro atoms. The molecule has 2 aliphatic rings. The van der Waals surface area contributed by atoms with E-state index in [0.29, 0.717) is 6.04 Å². The van der Waals surface area contributed by atoms with E-state index in [4.69, 9.17) is 0 Å². The summed E-state index contributed by atoms with van der Waals surface area (Å²) >= 11 is 0. The molecule has 0 radical (unpaired) electrons. The van der Waals surface area contributed by atoms with Gasteiger partial charge in [0.25, 0.3) is 0 Å². The molecule has 128 valence electrons. The predicted octanol–water partition coefficient (Wildman–Crippen LogP) is 5.70. The zero-order valence-electron chi connectivity index (χ0n) is 15.3. The highest BCUT2D eigenvalue weighted by Gasteiger charge is 2.20. The Labute approximate surface area is 146 Å². The summed E-state index contributed by atoms with van der Waals surface area (Å²) in [5.74, 6) is 0. The maximum Gasteiger partial charge on any atom is 0.0546 e. The third kappa shape index (κ3) is 4.17. The number of hydrogen-bond donors (Lipinski definition) is 1. The van der Waals surface area contributed by atoms with Crippen LogP contribution < -0.4 is 5.43 Å². The highest BCUT2D eigenvalue weighted by Crippen LogP contribution is 2.36. The van der Waals surface area contributed by atoms with Crippen LogP contribution in [0.3, 0.4) is 0 Å². The third-order valence-corrected chi connectivity index (χ3v) is 5.11. The molecule has 0 aliphatic heterocycles. The van der Waals surface area contributed by atoms with Crippen molar-refractivity contribution in [3.63, 3.8) is 0 Å². The minimum atomic E-state index is 0.216. The van der Waals surface area contributed by atoms with Crippen molar-refractivity contribution in [2.75, 3.05) is 0 Å². The molecule has 0 aromatic heterocycles. The van der Waals surface area contributed by atoms with Crippen LogP contribution in [0.1, 0.15) is 70.4 Å². The lowest BCUT2D eigenvalue weighted by atomic mass is 9.87. The third-order valence-electron chi connectivity index (χ3n) is 5.11. The highest BCUT2D eigenvalue weighted by molar-refractivity contribution is 5.89. The van der Waals surface area contributed by atoms with Gasteiger partial charge in [-0.2, -0.15) is 5.10 Å². The van der Waals surface area contributed by atoms with Crippen LogP contribution in [0.25, 0.3) is 5.57 Å². The number of hydrogen-bond acceptors (Lipinski definition) is 2. The summed E-state index contributed by atoms with van der Waals surface area (Å²) < 4.78 is 0. The summed E-state index contributed by atoms with van der Waals surface area (Å²) in [4.78, 5) is 0. The van der Waals surface area contributed by atoms with Gasteiger partial charge in [0.1, 0.15) is 0 Å². The van der Waals surface area contributed by atoms with Gasteiger partial charge in [0, 0.05) is 11.6 Å². The number of nitrogens with zero attached hydrogens (tertiary/aromatic N) is 1. The molecule has 1 aromatic rings. The van der Waals surface area contributed by atoms with Crippen LogP contribution in [0.2, 0.25) is 0 Å². The van der Waals surface area contributed by atoms with E-state index in [2.05, 4.69) is 67.7 Å². The van der Waals surface area contributed by atoms with E-state index in [0.717, 1.165) is 6.42 Å². The van der Waals surface area contributed by atoms with E-state index in [1.807, 2.05) is 6.21 Å². The van der Waals surface area contributed by atoms with Crippen molar-refractivity contribution in [3.8, 4) is 0 Å². The fourth-order valence-corrected chi connectivity index (χ4v) is 3.58. The Hall–Kier alpha value is -1.83. The number of rotatable bonds is 4. The van der Waals surface area contributed by atoms with Gasteiger partial charge in [0.15, 0.2) is 0 Å². The lowest BCUT2D eigenvalue weighted by molar-refractivity contribution is 0.381. The van der Waals surface area contributed by atoms with Crippen LogP contribution in [-0.2, 0) is 0 Å². The number of hydrazone groups is 1. The van der Waals surface area contributed by atoms with Crippen LogP contribution in [0, 0.1) is 5.41 Å². The Bertz CT molecular complexity index is 653. The second-order valence-electron chi connectivity index (χ2n) is 8.09. The average Bonchev–Trinajstić information content (AvgIpc) is 3.06. The molecule has 0 amide bonds. The topological polar surface area (TPSA) is 24.4 Å². The van der Waals surface area contributed by atoms with Gasteiger partial charge in [0.05, 0.1) is 6.21 Å². The average molecular weight is 322 g/mol. The van der Waals surface area contributed by atoms with Crippen LogP contribution in [0.15, 0.2) is 47.1 Å². The zero-order chi connectivity index (χ0) is 17.0. The molecule has 1 fully saturated rings. The van der Waals surface area contributed by atoms with Gasteiger partial charge in [-0.15, -0.1) is 0 Å². The Balaban J connectivity index is 1.72. The predicted molar refractivity (Wildman–Crippen MR) is 104 cm³/mol. The summed E-state index contributed by atoms with van der Waals surface area (Å²) in [5, 5.41) is 4.55. The first-order valence-corrected chi connectivity index (χ1v) is 9.33. The molecule has 0 saturated heterocycles. The highest BCUT2D eigenvalue weighted by atomic mass is 15.3. The van der Waals surface area contributed by atoms with Crippen molar-refractivity contribution in [2.24, 2.45) is 10.5 Å². The zero-order valence-corrected chi connectivity index (χ0v) is 15.3. The summed E-state index contributed by atoms with van der Waals surface area (Å²) in [7, 11) is 0. The summed E-state index contributed by atoms with van der Waals surface area (Å²) in [6, 6.07) is 9.16. The first-order valence-electron chi connectivity index (χ1n) is 9.33. The molecule has 0 heterocycles. The van der Waals surface area contributed by atoms with Gasteiger partial charge in [0.2, 0.25) is 0 Å². The fourth-order valence-electron chi connectivity index (χ4n) is 3.58. The van der Waals surface area contributed by atoms with E-state index in [9.17, 15) is 0 Å². The first-order chi connectivity index (χ1) is 11.5. The SMILES string of the molecule is CC(C)(C)C1=CCC(c2ccccc2C=NNC2CCCCC2)=C1. The van der Waals surface area contributed by atoms with Crippen molar-refractivity contribution in [3.05, 3.63) is 53.1 Å². The maximum atomic E-state index is 4.55. The Morgan fingerprint density at radius 3 is 2.54 bits per heavy atom. The second kappa shape index (κ2) is 7.38. The molecule has 0 unspecified atom stereocenters. The quantitative estimate of drug-likeness (QED) is 0.558. The first kappa shape index (κ1) is 17.0. The molecular formula is C22H30N2. The van der Waals surface area contributed by atoms with Crippen LogP contribution in [0.5, 0.6) is 0 Å². The van der Waals surface area contributed by atoms with Gasteiger partial charge in [-0.05, 0) is 41.4 Å². The minimum Gasteiger partial charge on any atom is -0.307 e. The van der Waals surface area contributed by atoms with Gasteiger partial charge in [-0.25, -0.2) is 0 Å². The normalized spacial score (nSPS) is 19.5. The van der Waals surface area contributed by atoms with E-state index in [1.165, 1.54) is 54.4 Å². The number of allylic oxidation sites excluding steroid dienone is 4. The molecule has 24 heavy (non-hydrogen) atoms. The molecule has 1 N–H and O–H groups in total. The van der Waals surface area contributed by atoms with Crippen LogP contribution in [-0.4, -0.2) is 12.3 Å². The van der Waals surface area contributed by atoms with E-state index >= 15 is 0 Å². The van der Waals surface area contributed by atoms with Gasteiger partial charge in [-0.3, -0.25) is 0 Å². The Morgan fingerprint density at radius 2 is 1.83 bits per heavy atom. The molecule has 2 nitrogen and oxygen atoms in total. The summed E-state index contributed by atoms with van der Waals surface area (Å²) in [6.45, 7) is 6.83. The standard InChI is InChI=1S/C22H30N2/c1-22(2,3)19-14-13-17(15-19)21-12-8-7-9-18(21)16-23-24-20-10-5-4-6-11-20/h7-9,12,14-16,20,24H,4-6,10-11,13H2,1-3H3. The second-order valence-corrected chi connectivity index (χ2v) is 8.09. The van der Waals surface area contributed by atoms with Crippen molar-refractivity contribution < 1.29 is 0 Å². The molecule has 0 bridgehead atoms. The molecular weight excluding hydrogens is 292 g/mol. The van der Waals surface area contributed by atoms with Crippen LogP contribution >= 0.6 is 0 Å². The van der Waals surface area contributed by atoms with E-state index < -0.39 is 0 Å². The summed E-state index contributed by atoms with van der Waals surface area (Å²) in [6.07, 6.45) is 14.3. The van der Waals surface area contributed by atoms with Gasteiger partial charge < -0.3 is 5.43 Å². The number of nitrogens with one attached hydrogen (secondary N) is 1. The lowest BCUT2D eigenvalue weighted by Gasteiger charge is -2.20. The van der Waals surface area contributed by atoms with Crippen molar-refractivity contribution in [1.29, 1.82) is 0 Å². The van der Waals surface area contributed by atoms with E-state index in [1.54, 1.807) is 0 Å². The van der Waals surface area contributed by atoms with E-state index in [-0.39, 0.29) is 5.41 Å². The largest absolute Gasteiger partial charge is 0.307 e. The minimum absolute atomic E-state index is 0.216. The smallest absolute Gasteiger partial charge is 0.0546 e. The van der Waals surface area contributed by atoms with Crippen molar-refractivity contribution >= 4 is 11.8 Å². The van der Waals surface area contributed by atoms with Crippen molar-refractivity contribution in [1.82, 2.24) is 5.43 Å². The molecule has 3 rings (SSSR count). The molecule has 0 atom stereocenters. The monoisotopic (exact) mass is 322 g/mol. The van der Waals surface area contributed by atoms with Crippen molar-refractivity contribution in [2.45, 2.75) is 65.3 Å². The Kier molecular flexibility index (Phi) is 5.23. The molecule has 1 saturated carbocycles. The molecule has 2 aliphatic carbocycles. The summed E-state index contributed by atoms with van der Waals surface area (Å²) in [5.41, 5.74) is 8.92. The fraction of sp³-hybridized carbons (Fsp3) is 0.500. The van der Waals surface area contributed by atoms with Crippen LogP contribution in [0.4, 0.5) is 0 Å². The maximum absolute atomic E-state index is 4.55. The number of benzene rings is 1. The van der Waals surface area contributed by atoms with Gasteiger partial charge in [-0.1, -0.05) is 76.5 Å². The van der Waals surface area contributed by atoms with Gasteiger partial charge >= 0.3 is 0 Å².